The third-order valence-electron chi connectivity index (χ3n) is 3.27. The first-order valence-corrected chi connectivity index (χ1v) is 5.72. The Labute approximate surface area is 87.5 Å². The Morgan fingerprint density at radius 1 is 1.43 bits per heavy atom. The van der Waals surface area contributed by atoms with Gasteiger partial charge in [-0.3, -0.25) is 0 Å². The Morgan fingerprint density at radius 2 is 2.07 bits per heavy atom. The van der Waals surface area contributed by atoms with Gasteiger partial charge in [0, 0.05) is 0 Å². The van der Waals surface area contributed by atoms with Crippen molar-refractivity contribution in [2.45, 2.75) is 38.7 Å². The van der Waals surface area contributed by atoms with Crippen molar-refractivity contribution < 1.29 is 4.74 Å². The van der Waals surface area contributed by atoms with Crippen LogP contribution in [0.1, 0.15) is 32.6 Å². The van der Waals surface area contributed by atoms with Crippen LogP contribution >= 0.6 is 0 Å². The Balaban J connectivity index is 2.29. The lowest BCUT2D eigenvalue weighted by Crippen LogP contribution is -2.30. The highest BCUT2D eigenvalue weighted by Crippen LogP contribution is 2.29. The van der Waals surface area contributed by atoms with Crippen LogP contribution < -0.4 is 5.73 Å². The van der Waals surface area contributed by atoms with E-state index in [0.717, 1.165) is 13.2 Å². The predicted octanol–water partition coefficient (Wildman–Crippen LogP) is 2.34. The van der Waals surface area contributed by atoms with Gasteiger partial charge in [-0.2, -0.15) is 0 Å². The largest absolute Gasteiger partial charge is 0.374 e. The first-order valence-electron chi connectivity index (χ1n) is 5.72. The van der Waals surface area contributed by atoms with Crippen molar-refractivity contribution in [3.8, 4) is 0 Å². The van der Waals surface area contributed by atoms with E-state index >= 15 is 0 Å². The van der Waals surface area contributed by atoms with E-state index in [9.17, 15) is 0 Å². The highest BCUT2D eigenvalue weighted by molar-refractivity contribution is 4.79. The molecule has 0 aliphatic heterocycles. The summed E-state index contributed by atoms with van der Waals surface area (Å²) in [5.74, 6) is 1.36. The van der Waals surface area contributed by atoms with E-state index in [1.165, 1.54) is 25.7 Å². The van der Waals surface area contributed by atoms with Gasteiger partial charge in [0.1, 0.15) is 0 Å². The Hall–Kier alpha value is -0.340. The molecular weight excluding hydrogens is 174 g/mol. The summed E-state index contributed by atoms with van der Waals surface area (Å²) in [6.07, 6.45) is 7.27. The molecule has 0 aromatic rings. The zero-order chi connectivity index (χ0) is 10.4. The van der Waals surface area contributed by atoms with Crippen LogP contribution in [0.25, 0.3) is 0 Å². The van der Waals surface area contributed by atoms with Gasteiger partial charge in [0.15, 0.2) is 0 Å². The Morgan fingerprint density at radius 3 is 2.64 bits per heavy atom. The molecule has 0 bridgehead atoms. The molecule has 1 aliphatic rings. The molecule has 2 N–H and O–H groups in total. The van der Waals surface area contributed by atoms with Gasteiger partial charge in [-0.25, -0.2) is 0 Å². The fourth-order valence-corrected chi connectivity index (χ4v) is 2.16. The molecule has 0 saturated heterocycles. The predicted molar refractivity (Wildman–Crippen MR) is 60.1 cm³/mol. The number of ether oxygens (including phenoxy) is 1. The number of hydrogen-bond acceptors (Lipinski definition) is 2. The second-order valence-electron chi connectivity index (χ2n) is 4.31. The minimum Gasteiger partial charge on any atom is -0.374 e. The molecule has 0 amide bonds. The minimum absolute atomic E-state index is 0.176. The van der Waals surface area contributed by atoms with Crippen molar-refractivity contribution in [1.82, 2.24) is 0 Å². The Kier molecular flexibility index (Phi) is 5.20. The van der Waals surface area contributed by atoms with E-state index < -0.39 is 0 Å². The van der Waals surface area contributed by atoms with Crippen LogP contribution in [0.4, 0.5) is 0 Å². The van der Waals surface area contributed by atoms with Crippen molar-refractivity contribution in [1.29, 1.82) is 0 Å². The molecule has 0 heterocycles. The molecule has 3 atom stereocenters. The van der Waals surface area contributed by atoms with Gasteiger partial charge in [0.2, 0.25) is 0 Å². The summed E-state index contributed by atoms with van der Waals surface area (Å²) in [6, 6.07) is 0. The lowest BCUT2D eigenvalue weighted by Gasteiger charge is -2.30. The summed E-state index contributed by atoms with van der Waals surface area (Å²) in [7, 11) is 0. The molecule has 2 nitrogen and oxygen atoms in total. The molecule has 0 aromatic carbocycles. The molecule has 14 heavy (non-hydrogen) atoms. The summed E-state index contributed by atoms with van der Waals surface area (Å²) in [6.45, 7) is 7.42. The third-order valence-corrected chi connectivity index (χ3v) is 3.27. The van der Waals surface area contributed by atoms with Gasteiger partial charge < -0.3 is 10.5 Å². The molecular formula is C12H23NO. The number of nitrogens with two attached hydrogens (primary N) is 1. The van der Waals surface area contributed by atoms with Crippen LogP contribution in [0.5, 0.6) is 0 Å². The molecule has 1 saturated carbocycles. The monoisotopic (exact) mass is 197 g/mol. The van der Waals surface area contributed by atoms with Crippen LogP contribution in [0.2, 0.25) is 0 Å². The molecule has 1 aliphatic carbocycles. The first kappa shape index (κ1) is 11.7. The smallest absolute Gasteiger partial charge is 0.0725 e. The topological polar surface area (TPSA) is 35.2 Å². The molecule has 0 radical (unpaired) electrons. The van der Waals surface area contributed by atoms with Crippen LogP contribution in [0.15, 0.2) is 12.7 Å². The zero-order valence-corrected chi connectivity index (χ0v) is 9.24. The lowest BCUT2D eigenvalue weighted by molar-refractivity contribution is 0.0366. The molecule has 1 fully saturated rings. The Bertz CT molecular complexity index is 170. The third kappa shape index (κ3) is 3.43. The summed E-state index contributed by atoms with van der Waals surface area (Å²) in [4.78, 5) is 0. The van der Waals surface area contributed by atoms with Crippen LogP contribution in [0, 0.1) is 11.8 Å². The van der Waals surface area contributed by atoms with Crippen LogP contribution in [-0.4, -0.2) is 19.3 Å². The van der Waals surface area contributed by atoms with Gasteiger partial charge in [0.25, 0.3) is 0 Å². The fraction of sp³-hybridized carbons (Fsp3) is 0.833. The normalized spacial score (nSPS) is 29.9. The number of rotatable bonds is 5. The van der Waals surface area contributed by atoms with Crippen molar-refractivity contribution in [2.24, 2.45) is 17.6 Å². The van der Waals surface area contributed by atoms with Crippen molar-refractivity contribution in [3.63, 3.8) is 0 Å². The molecule has 2 heteroatoms. The maximum atomic E-state index is 5.76. The van der Waals surface area contributed by atoms with Crippen LogP contribution in [-0.2, 0) is 4.74 Å². The zero-order valence-electron chi connectivity index (χ0n) is 9.24. The van der Waals surface area contributed by atoms with E-state index in [2.05, 4.69) is 6.58 Å². The van der Waals surface area contributed by atoms with E-state index in [1.54, 1.807) is 0 Å². The highest BCUT2D eigenvalue weighted by Gasteiger charge is 2.24. The average Bonchev–Trinajstić information content (AvgIpc) is 2.26. The minimum atomic E-state index is 0.176. The first-order chi connectivity index (χ1) is 6.77. The molecule has 0 aromatic heterocycles. The van der Waals surface area contributed by atoms with Crippen molar-refractivity contribution in [2.75, 3.05) is 13.2 Å². The van der Waals surface area contributed by atoms with Gasteiger partial charge in [-0.1, -0.05) is 18.9 Å². The SMILES string of the molecule is C=CC(C)OCC1CCCCC1CN. The van der Waals surface area contributed by atoms with Gasteiger partial charge in [-0.15, -0.1) is 6.58 Å². The summed E-state index contributed by atoms with van der Waals surface area (Å²) in [5, 5.41) is 0. The second-order valence-corrected chi connectivity index (χ2v) is 4.31. The van der Waals surface area contributed by atoms with E-state index in [1.807, 2.05) is 13.0 Å². The van der Waals surface area contributed by atoms with Gasteiger partial charge >= 0.3 is 0 Å². The number of hydrogen-bond donors (Lipinski definition) is 1. The molecule has 3 unspecified atom stereocenters. The summed E-state index contributed by atoms with van der Waals surface area (Å²) < 4.78 is 5.69. The maximum absolute atomic E-state index is 5.76. The van der Waals surface area contributed by atoms with Crippen LogP contribution in [0.3, 0.4) is 0 Å². The summed E-state index contributed by atoms with van der Waals surface area (Å²) in [5.41, 5.74) is 5.76. The van der Waals surface area contributed by atoms with Gasteiger partial charge in [0.05, 0.1) is 12.7 Å². The second kappa shape index (κ2) is 6.20. The standard InChI is InChI=1S/C12H23NO/c1-3-10(2)14-9-12-7-5-4-6-11(12)8-13/h3,10-12H,1,4-9,13H2,2H3. The highest BCUT2D eigenvalue weighted by atomic mass is 16.5. The quantitative estimate of drug-likeness (QED) is 0.687. The molecule has 82 valence electrons. The maximum Gasteiger partial charge on any atom is 0.0725 e. The van der Waals surface area contributed by atoms with E-state index in [0.29, 0.717) is 11.8 Å². The van der Waals surface area contributed by atoms with Crippen molar-refractivity contribution >= 4 is 0 Å². The molecule has 0 spiro atoms. The van der Waals surface area contributed by atoms with E-state index in [-0.39, 0.29) is 6.10 Å². The fourth-order valence-electron chi connectivity index (χ4n) is 2.16. The summed E-state index contributed by atoms with van der Waals surface area (Å²) >= 11 is 0. The lowest BCUT2D eigenvalue weighted by atomic mass is 9.80. The van der Waals surface area contributed by atoms with Crippen molar-refractivity contribution in [3.05, 3.63) is 12.7 Å². The average molecular weight is 197 g/mol. The molecule has 1 rings (SSSR count). The van der Waals surface area contributed by atoms with Gasteiger partial charge in [-0.05, 0) is 38.1 Å². The van der Waals surface area contributed by atoms with E-state index in [4.69, 9.17) is 10.5 Å².